The zero-order valence-corrected chi connectivity index (χ0v) is 14.0. The van der Waals surface area contributed by atoms with Crippen LogP contribution in [0.15, 0.2) is 42.7 Å². The number of benzene rings is 1. The maximum Gasteiger partial charge on any atom is 0.180 e. The maximum atomic E-state index is 5.67. The Hall–Kier alpha value is -2.49. The van der Waals surface area contributed by atoms with Crippen molar-refractivity contribution in [2.24, 2.45) is 0 Å². The van der Waals surface area contributed by atoms with Crippen LogP contribution in [0.25, 0.3) is 16.9 Å². The summed E-state index contributed by atoms with van der Waals surface area (Å²) < 4.78 is 13.2. The molecule has 0 fully saturated rings. The van der Waals surface area contributed by atoms with Crippen molar-refractivity contribution in [2.75, 3.05) is 13.7 Å². The average Bonchev–Trinajstić information content (AvgIpc) is 2.99. The molecular weight excluding hydrogens is 288 g/mol. The Morgan fingerprint density at radius 2 is 2.00 bits per heavy atom. The number of methoxy groups -OCH3 is 1. The van der Waals surface area contributed by atoms with Gasteiger partial charge < -0.3 is 13.9 Å². The first-order valence-corrected chi connectivity index (χ1v) is 7.92. The third kappa shape index (κ3) is 2.89. The average molecular weight is 310 g/mol. The van der Waals surface area contributed by atoms with Gasteiger partial charge in [0.05, 0.1) is 19.4 Å². The van der Waals surface area contributed by atoms with E-state index in [9.17, 15) is 0 Å². The number of fused-ring (bicyclic) bond motifs is 1. The van der Waals surface area contributed by atoms with E-state index in [1.165, 1.54) is 5.56 Å². The molecule has 3 aromatic rings. The molecule has 0 aliphatic carbocycles. The minimum atomic E-state index is 0.454. The van der Waals surface area contributed by atoms with E-state index in [0.717, 1.165) is 28.4 Å². The molecular formula is C19H22N2O2. The smallest absolute Gasteiger partial charge is 0.180 e. The van der Waals surface area contributed by atoms with Crippen molar-refractivity contribution in [3.63, 3.8) is 0 Å². The summed E-state index contributed by atoms with van der Waals surface area (Å²) in [5, 5.41) is 0. The Morgan fingerprint density at radius 1 is 1.17 bits per heavy atom. The summed E-state index contributed by atoms with van der Waals surface area (Å²) >= 11 is 0. The number of hydrogen-bond acceptors (Lipinski definition) is 3. The largest absolute Gasteiger partial charge is 0.496 e. The lowest BCUT2D eigenvalue weighted by atomic mass is 9.99. The van der Waals surface area contributed by atoms with Crippen LogP contribution in [0.3, 0.4) is 0 Å². The van der Waals surface area contributed by atoms with Crippen molar-refractivity contribution in [1.82, 2.24) is 9.38 Å². The molecule has 0 radical (unpaired) electrons. The zero-order chi connectivity index (χ0) is 16.4. The summed E-state index contributed by atoms with van der Waals surface area (Å²) in [6.45, 7) is 6.96. The van der Waals surface area contributed by atoms with E-state index in [1.807, 2.05) is 41.9 Å². The lowest BCUT2D eigenvalue weighted by Crippen LogP contribution is -1.94. The number of ether oxygens (including phenoxy) is 2. The second kappa shape index (κ2) is 6.32. The molecule has 0 atom stereocenters. The summed E-state index contributed by atoms with van der Waals surface area (Å²) in [5.41, 5.74) is 3.98. The van der Waals surface area contributed by atoms with Gasteiger partial charge in [-0.05, 0) is 42.7 Å². The number of rotatable bonds is 5. The highest BCUT2D eigenvalue weighted by molar-refractivity contribution is 5.71. The van der Waals surface area contributed by atoms with E-state index in [-0.39, 0.29) is 0 Å². The quantitative estimate of drug-likeness (QED) is 0.694. The van der Waals surface area contributed by atoms with Crippen LogP contribution in [-0.2, 0) is 0 Å². The van der Waals surface area contributed by atoms with Crippen LogP contribution in [0, 0.1) is 0 Å². The van der Waals surface area contributed by atoms with Gasteiger partial charge in [0.25, 0.3) is 0 Å². The molecule has 1 aromatic carbocycles. The second-order valence-electron chi connectivity index (χ2n) is 5.78. The van der Waals surface area contributed by atoms with Crippen molar-refractivity contribution in [3.05, 3.63) is 48.3 Å². The van der Waals surface area contributed by atoms with Gasteiger partial charge in [0.1, 0.15) is 5.75 Å². The summed E-state index contributed by atoms with van der Waals surface area (Å²) in [4.78, 5) is 4.77. The SMILES string of the molecule is CCOc1cccn2cc(-c3cc(C(C)C)ccc3OC)nc12. The van der Waals surface area contributed by atoms with Gasteiger partial charge in [-0.15, -0.1) is 0 Å². The Kier molecular flexibility index (Phi) is 4.24. The molecule has 0 bridgehead atoms. The van der Waals surface area contributed by atoms with Crippen molar-refractivity contribution in [1.29, 1.82) is 0 Å². The minimum Gasteiger partial charge on any atom is -0.496 e. The molecule has 23 heavy (non-hydrogen) atoms. The predicted octanol–water partition coefficient (Wildman–Crippen LogP) is 4.53. The van der Waals surface area contributed by atoms with E-state index in [2.05, 4.69) is 26.0 Å². The van der Waals surface area contributed by atoms with Crippen molar-refractivity contribution in [2.45, 2.75) is 26.7 Å². The normalized spacial score (nSPS) is 11.2. The second-order valence-corrected chi connectivity index (χ2v) is 5.78. The molecule has 0 aliphatic rings. The topological polar surface area (TPSA) is 35.8 Å². The minimum absolute atomic E-state index is 0.454. The molecule has 0 amide bonds. The first-order valence-electron chi connectivity index (χ1n) is 7.92. The van der Waals surface area contributed by atoms with Crippen LogP contribution in [0.1, 0.15) is 32.3 Å². The molecule has 0 saturated carbocycles. The lowest BCUT2D eigenvalue weighted by Gasteiger charge is -2.11. The van der Waals surface area contributed by atoms with Crippen LogP contribution in [0.5, 0.6) is 11.5 Å². The van der Waals surface area contributed by atoms with Crippen molar-refractivity contribution < 1.29 is 9.47 Å². The van der Waals surface area contributed by atoms with Gasteiger partial charge in [0.15, 0.2) is 11.4 Å². The number of hydrogen-bond donors (Lipinski definition) is 0. The monoisotopic (exact) mass is 310 g/mol. The number of pyridine rings is 1. The highest BCUT2D eigenvalue weighted by Gasteiger charge is 2.14. The fraction of sp³-hybridized carbons (Fsp3) is 0.316. The predicted molar refractivity (Wildman–Crippen MR) is 92.4 cm³/mol. The molecule has 0 unspecified atom stereocenters. The van der Waals surface area contributed by atoms with Gasteiger partial charge in [-0.1, -0.05) is 19.9 Å². The molecule has 120 valence electrons. The van der Waals surface area contributed by atoms with E-state index in [1.54, 1.807) is 7.11 Å². The molecule has 2 aromatic heterocycles. The maximum absolute atomic E-state index is 5.67. The number of aromatic nitrogens is 2. The molecule has 4 nitrogen and oxygen atoms in total. The Bertz CT molecular complexity index is 821. The van der Waals surface area contributed by atoms with E-state index >= 15 is 0 Å². The molecule has 4 heteroatoms. The Morgan fingerprint density at radius 3 is 2.70 bits per heavy atom. The van der Waals surface area contributed by atoms with Crippen LogP contribution in [0.2, 0.25) is 0 Å². The fourth-order valence-electron chi connectivity index (χ4n) is 2.67. The lowest BCUT2D eigenvalue weighted by molar-refractivity contribution is 0.342. The summed E-state index contributed by atoms with van der Waals surface area (Å²) in [6, 6.07) is 10.2. The van der Waals surface area contributed by atoms with Gasteiger partial charge in [0, 0.05) is 18.0 Å². The molecule has 0 saturated heterocycles. The highest BCUT2D eigenvalue weighted by Crippen LogP contribution is 2.33. The van der Waals surface area contributed by atoms with Crippen LogP contribution in [0.4, 0.5) is 0 Å². The third-order valence-electron chi connectivity index (χ3n) is 3.91. The van der Waals surface area contributed by atoms with Gasteiger partial charge in [-0.2, -0.15) is 0 Å². The summed E-state index contributed by atoms with van der Waals surface area (Å²) in [7, 11) is 1.69. The van der Waals surface area contributed by atoms with Crippen molar-refractivity contribution in [3.8, 4) is 22.8 Å². The van der Waals surface area contributed by atoms with Gasteiger partial charge >= 0.3 is 0 Å². The first kappa shape index (κ1) is 15.4. The molecule has 0 aliphatic heterocycles. The highest BCUT2D eigenvalue weighted by atomic mass is 16.5. The van der Waals surface area contributed by atoms with Crippen molar-refractivity contribution >= 4 is 5.65 Å². The van der Waals surface area contributed by atoms with Gasteiger partial charge in [-0.25, -0.2) is 4.98 Å². The van der Waals surface area contributed by atoms with Crippen LogP contribution >= 0.6 is 0 Å². The number of imidazole rings is 1. The number of nitrogens with zero attached hydrogens (tertiary/aromatic N) is 2. The third-order valence-corrected chi connectivity index (χ3v) is 3.91. The van der Waals surface area contributed by atoms with Gasteiger partial charge in [0.2, 0.25) is 0 Å². The zero-order valence-electron chi connectivity index (χ0n) is 14.0. The Labute approximate surface area is 136 Å². The van der Waals surface area contributed by atoms with Crippen LogP contribution < -0.4 is 9.47 Å². The molecule has 2 heterocycles. The fourth-order valence-corrected chi connectivity index (χ4v) is 2.67. The standard InChI is InChI=1S/C19H22N2O2/c1-5-23-18-7-6-10-21-12-16(20-19(18)21)15-11-14(13(2)3)8-9-17(15)22-4/h6-13H,5H2,1-4H3. The van der Waals surface area contributed by atoms with E-state index < -0.39 is 0 Å². The Balaban J connectivity index is 2.16. The van der Waals surface area contributed by atoms with Crippen LogP contribution in [-0.4, -0.2) is 23.1 Å². The summed E-state index contributed by atoms with van der Waals surface area (Å²) in [5.74, 6) is 2.08. The van der Waals surface area contributed by atoms with Gasteiger partial charge in [-0.3, -0.25) is 0 Å². The molecule has 0 N–H and O–H groups in total. The summed E-state index contributed by atoms with van der Waals surface area (Å²) in [6.07, 6.45) is 3.99. The first-order chi connectivity index (χ1) is 11.1. The molecule has 0 spiro atoms. The van der Waals surface area contributed by atoms with E-state index in [4.69, 9.17) is 14.5 Å². The molecule has 3 rings (SSSR count). The van der Waals surface area contributed by atoms with E-state index in [0.29, 0.717) is 12.5 Å².